The van der Waals surface area contributed by atoms with Crippen LogP contribution in [0.1, 0.15) is 60.8 Å². The van der Waals surface area contributed by atoms with E-state index in [1.54, 1.807) is 20.8 Å². The van der Waals surface area contributed by atoms with E-state index in [0.717, 1.165) is 19.3 Å². The molecule has 0 bridgehead atoms. The van der Waals surface area contributed by atoms with E-state index in [2.05, 4.69) is 0 Å². The summed E-state index contributed by atoms with van der Waals surface area (Å²) in [5.41, 5.74) is 0. The van der Waals surface area contributed by atoms with Crippen LogP contribution >= 0.6 is 0 Å². The van der Waals surface area contributed by atoms with Crippen LogP contribution in [0.4, 0.5) is 0 Å². The molecule has 0 aromatic heterocycles. The molecular weight excluding hydrogens is 259 g/mol. The first kappa shape index (κ1) is 30.4. The van der Waals surface area contributed by atoms with Gasteiger partial charge < -0.3 is 20.8 Å². The molecule has 3 atom stereocenters. The number of rotatable bonds is 3. The van der Waals surface area contributed by atoms with Crippen LogP contribution in [-0.4, -0.2) is 18.3 Å². The average Bonchev–Trinajstić information content (AvgIpc) is 2.19. The summed E-state index contributed by atoms with van der Waals surface area (Å²) in [4.78, 5) is 0. The Morgan fingerprint density at radius 3 is 0.706 bits per heavy atom. The first-order valence-corrected chi connectivity index (χ1v) is 5.79. The van der Waals surface area contributed by atoms with Crippen LogP contribution in [0.2, 0.25) is 0 Å². The van der Waals surface area contributed by atoms with E-state index in [1.165, 1.54) is 0 Å². The summed E-state index contributed by atoms with van der Waals surface area (Å²) >= 11 is 0. The van der Waals surface area contributed by atoms with E-state index < -0.39 is 0 Å². The molecule has 0 aliphatic rings. The minimum absolute atomic E-state index is 0. The fourth-order valence-corrected chi connectivity index (χ4v) is 0. The summed E-state index contributed by atoms with van der Waals surface area (Å²) in [5.74, 6) is 0. The van der Waals surface area contributed by atoms with Gasteiger partial charge in [0, 0.05) is 0 Å². The zero-order valence-corrected chi connectivity index (χ0v) is 13.3. The molecule has 0 spiro atoms. The van der Waals surface area contributed by atoms with Crippen molar-refractivity contribution in [2.45, 2.75) is 79.1 Å². The first-order valence-electron chi connectivity index (χ1n) is 5.79. The van der Waals surface area contributed by atoms with Crippen molar-refractivity contribution < 1.29 is 39.4 Å². The molecule has 104 valence electrons. The summed E-state index contributed by atoms with van der Waals surface area (Å²) < 4.78 is 0. The van der Waals surface area contributed by atoms with Gasteiger partial charge in [-0.15, -0.1) is 18.3 Å². The molecule has 3 unspecified atom stereocenters. The van der Waals surface area contributed by atoms with Crippen LogP contribution < -0.4 is 15.3 Å². The summed E-state index contributed by atoms with van der Waals surface area (Å²) in [6.45, 7) is 10.7. The molecule has 0 fully saturated rings. The zero-order valence-electron chi connectivity index (χ0n) is 11.9. The second kappa shape index (κ2) is 25.3. The van der Waals surface area contributed by atoms with Crippen molar-refractivity contribution in [1.82, 2.24) is 0 Å². The van der Waals surface area contributed by atoms with Gasteiger partial charge in [-0.05, 0) is 0 Å². The number of hydrogen-bond donors (Lipinski definition) is 0. The predicted molar refractivity (Wildman–Crippen MR) is 59.9 cm³/mol. The average molecular weight is 286 g/mol. The molecule has 0 aliphatic carbocycles. The Balaban J connectivity index is -0.0000000400. The minimum Gasteiger partial charge on any atom is -2.00 e. The van der Waals surface area contributed by atoms with Crippen LogP contribution in [0.5, 0.6) is 0 Å². The topological polar surface area (TPSA) is 97.7 Å². The molecule has 0 aliphatic heterocycles. The monoisotopic (exact) mass is 286 g/mol. The van der Waals surface area contributed by atoms with Crippen molar-refractivity contribution in [2.75, 3.05) is 0 Å². The second-order valence-corrected chi connectivity index (χ2v) is 3.66. The maximum Gasteiger partial charge on any atom is 5.00 e. The molecule has 0 saturated carbocycles. The van der Waals surface area contributed by atoms with E-state index >= 15 is 0 Å². The maximum absolute atomic E-state index is 9.90. The second-order valence-electron chi connectivity index (χ2n) is 3.66. The Morgan fingerprint density at radius 1 is 0.647 bits per heavy atom. The molecule has 0 aromatic rings. The van der Waals surface area contributed by atoms with Crippen LogP contribution in [0, 0.1) is 0 Å². The molecule has 0 aromatic carbocycles. The summed E-state index contributed by atoms with van der Waals surface area (Å²) in [6, 6.07) is 0. The third-order valence-electron chi connectivity index (χ3n) is 1.72. The van der Waals surface area contributed by atoms with Crippen molar-refractivity contribution in [3.8, 4) is 0 Å². The van der Waals surface area contributed by atoms with Crippen molar-refractivity contribution >= 4 is 0 Å². The molecule has 0 heterocycles. The summed E-state index contributed by atoms with van der Waals surface area (Å²) in [7, 11) is 0. The Kier molecular flexibility index (Phi) is 45.3. The fourth-order valence-electron chi connectivity index (χ4n) is 0. The largest absolute Gasteiger partial charge is 5.00 e. The van der Waals surface area contributed by atoms with Gasteiger partial charge in [0.05, 0.1) is 0 Å². The Labute approximate surface area is 119 Å². The minimum atomic E-state index is -0.366. The van der Waals surface area contributed by atoms with Gasteiger partial charge in [-0.3, -0.25) is 0 Å². The molecule has 0 radical (unpaired) electrons. The van der Waals surface area contributed by atoms with Crippen molar-refractivity contribution in [3.05, 3.63) is 0 Å². The van der Waals surface area contributed by atoms with Gasteiger partial charge in [-0.25, -0.2) is 0 Å². The van der Waals surface area contributed by atoms with Gasteiger partial charge in [-0.2, -0.15) is 0 Å². The van der Waals surface area contributed by atoms with E-state index in [9.17, 15) is 15.3 Å². The van der Waals surface area contributed by atoms with E-state index in [4.69, 9.17) is 0 Å². The predicted octanol–water partition coefficient (Wildman–Crippen LogP) is 0.314. The van der Waals surface area contributed by atoms with E-state index in [-0.39, 0.29) is 42.3 Å². The third-order valence-corrected chi connectivity index (χ3v) is 1.72. The van der Waals surface area contributed by atoms with Crippen molar-refractivity contribution in [3.63, 3.8) is 0 Å². The van der Waals surface area contributed by atoms with Crippen molar-refractivity contribution in [1.29, 1.82) is 0 Å². The van der Waals surface area contributed by atoms with Gasteiger partial charge in [0.15, 0.2) is 0 Å². The van der Waals surface area contributed by atoms with Gasteiger partial charge in [0.1, 0.15) is 0 Å². The van der Waals surface area contributed by atoms with Crippen LogP contribution in [0.25, 0.3) is 0 Å². The smallest absolute Gasteiger partial charge is 2.00 e. The van der Waals surface area contributed by atoms with Crippen molar-refractivity contribution in [2.24, 2.45) is 0 Å². The molecule has 0 saturated heterocycles. The van der Waals surface area contributed by atoms with Gasteiger partial charge >= 0.3 is 18.6 Å². The SMILES string of the molecule is CCC(C)[O-].CCC(C)[O-].CCC(C)[O-].[O-2].[V+5]. The standard InChI is InChI=1S/3C4H9O.O.V/c3*1-3-4(2)5;;/h3*4H,3H2,1-2H3;;/q3*-1;-2;+5. The molecule has 17 heavy (non-hydrogen) atoms. The Hall–Kier alpha value is 0.424. The maximum atomic E-state index is 9.90. The van der Waals surface area contributed by atoms with Gasteiger partial charge in [0.25, 0.3) is 0 Å². The summed E-state index contributed by atoms with van der Waals surface area (Å²) in [5, 5.41) is 29.7. The summed E-state index contributed by atoms with van der Waals surface area (Å²) in [6.07, 6.45) is 1.15. The van der Waals surface area contributed by atoms with Gasteiger partial charge in [-0.1, -0.05) is 60.8 Å². The molecule has 0 rings (SSSR count). The third kappa shape index (κ3) is 82.8. The molecule has 4 nitrogen and oxygen atoms in total. The van der Waals surface area contributed by atoms with E-state index in [1.807, 2.05) is 20.8 Å². The number of hydrogen-bond acceptors (Lipinski definition) is 3. The first-order chi connectivity index (χ1) is 6.81. The van der Waals surface area contributed by atoms with Crippen LogP contribution in [-0.2, 0) is 24.0 Å². The van der Waals surface area contributed by atoms with E-state index in [0.29, 0.717) is 0 Å². The molecule has 0 N–H and O–H groups in total. The van der Waals surface area contributed by atoms with Crippen LogP contribution in [0.15, 0.2) is 0 Å². The van der Waals surface area contributed by atoms with Crippen LogP contribution in [0.3, 0.4) is 0 Å². The zero-order chi connectivity index (χ0) is 12.9. The Bertz CT molecular complexity index is 79.5. The van der Waals surface area contributed by atoms with Gasteiger partial charge in [0.2, 0.25) is 0 Å². The molecule has 0 amide bonds. The normalized spacial score (nSPS) is 13.2. The molecule has 5 heteroatoms. The quantitative estimate of drug-likeness (QED) is 0.746. The Morgan fingerprint density at radius 2 is 0.706 bits per heavy atom. The molecular formula is C12H27O4V. The fraction of sp³-hybridized carbons (Fsp3) is 1.00.